The SMILES string of the molecule is O=[C-]c1cc2c(cn1)cnn2C(F)(F)F.[Na+].[OH-]. The third-order valence-corrected chi connectivity index (χ3v) is 1.80. The van der Waals surface area contributed by atoms with Crippen molar-refractivity contribution in [1.82, 2.24) is 14.8 Å². The largest absolute Gasteiger partial charge is 1.00 e. The Morgan fingerprint density at radius 3 is 2.47 bits per heavy atom. The van der Waals surface area contributed by atoms with Crippen LogP contribution in [-0.4, -0.2) is 26.5 Å². The third kappa shape index (κ3) is 3.03. The van der Waals surface area contributed by atoms with Crippen LogP contribution in [0.4, 0.5) is 13.2 Å². The van der Waals surface area contributed by atoms with E-state index < -0.39 is 6.30 Å². The van der Waals surface area contributed by atoms with Gasteiger partial charge in [-0.3, -0.25) is 4.98 Å². The predicted molar refractivity (Wildman–Crippen MR) is 45.6 cm³/mol. The predicted octanol–water partition coefficient (Wildman–Crippen LogP) is -1.81. The number of aromatic nitrogens is 3. The molecular formula is C8H4F3N3NaO2-. The molecule has 0 saturated heterocycles. The van der Waals surface area contributed by atoms with Gasteiger partial charge in [0.25, 0.3) is 0 Å². The van der Waals surface area contributed by atoms with E-state index in [4.69, 9.17) is 0 Å². The van der Waals surface area contributed by atoms with Crippen molar-refractivity contribution in [1.29, 1.82) is 0 Å². The number of pyridine rings is 1. The Balaban J connectivity index is 0.00000128. The van der Waals surface area contributed by atoms with E-state index in [0.717, 1.165) is 18.5 Å². The van der Waals surface area contributed by atoms with E-state index in [-0.39, 0.29) is 56.3 Å². The summed E-state index contributed by atoms with van der Waals surface area (Å²) in [6.07, 6.45) is -1.01. The van der Waals surface area contributed by atoms with Gasteiger partial charge in [0.2, 0.25) is 0 Å². The van der Waals surface area contributed by atoms with E-state index in [0.29, 0.717) is 0 Å². The number of alkyl halides is 3. The Kier molecular flexibility index (Phi) is 5.27. The quantitative estimate of drug-likeness (QED) is 0.444. The first-order valence-electron chi connectivity index (χ1n) is 3.81. The molecule has 2 aromatic rings. The van der Waals surface area contributed by atoms with Crippen LogP contribution in [0.15, 0.2) is 18.5 Å². The van der Waals surface area contributed by atoms with Crippen LogP contribution >= 0.6 is 0 Å². The van der Waals surface area contributed by atoms with E-state index in [1.807, 2.05) is 0 Å². The number of fused-ring (bicyclic) bond motifs is 1. The first kappa shape index (κ1) is 16.0. The maximum Gasteiger partial charge on any atom is 1.00 e. The molecular weight excluding hydrogens is 250 g/mol. The number of hydrogen-bond acceptors (Lipinski definition) is 4. The molecule has 0 aliphatic rings. The molecule has 0 aromatic carbocycles. The van der Waals surface area contributed by atoms with E-state index >= 15 is 0 Å². The van der Waals surface area contributed by atoms with Gasteiger partial charge in [-0.25, -0.2) is 0 Å². The Morgan fingerprint density at radius 1 is 1.29 bits per heavy atom. The summed E-state index contributed by atoms with van der Waals surface area (Å²) in [5.41, 5.74) is -0.399. The number of rotatable bonds is 1. The van der Waals surface area contributed by atoms with Gasteiger partial charge < -0.3 is 10.3 Å². The number of hydrogen-bond donors (Lipinski definition) is 0. The standard InChI is InChI=1S/C8H3F3N3O.Na.H2O/c9-8(10,11)14-7-1-6(4-15)12-2-5(7)3-13-14;;/h1-3H;;1H2/q-1;+1;/p-1. The summed E-state index contributed by atoms with van der Waals surface area (Å²) >= 11 is 0. The Labute approximate surface area is 115 Å². The first-order valence-corrected chi connectivity index (χ1v) is 3.81. The topological polar surface area (TPSA) is 77.8 Å². The second-order valence-electron chi connectivity index (χ2n) is 2.75. The van der Waals surface area contributed by atoms with Crippen molar-refractivity contribution in [2.45, 2.75) is 6.30 Å². The van der Waals surface area contributed by atoms with Crippen molar-refractivity contribution in [3.8, 4) is 0 Å². The van der Waals surface area contributed by atoms with Gasteiger partial charge in [0.15, 0.2) is 0 Å². The van der Waals surface area contributed by atoms with E-state index in [1.54, 1.807) is 0 Å². The molecule has 0 aliphatic carbocycles. The van der Waals surface area contributed by atoms with Crippen molar-refractivity contribution in [3.05, 3.63) is 24.2 Å². The minimum Gasteiger partial charge on any atom is -0.870 e. The zero-order valence-corrected chi connectivity index (χ0v) is 10.6. The van der Waals surface area contributed by atoms with E-state index in [2.05, 4.69) is 10.1 Å². The minimum atomic E-state index is -4.61. The van der Waals surface area contributed by atoms with Crippen LogP contribution in [0.5, 0.6) is 0 Å². The van der Waals surface area contributed by atoms with E-state index in [9.17, 15) is 18.0 Å². The van der Waals surface area contributed by atoms with Gasteiger partial charge in [-0.2, -0.15) is 15.8 Å². The number of nitrogens with zero attached hydrogens (tertiary/aromatic N) is 3. The van der Waals surface area contributed by atoms with Crippen molar-refractivity contribution in [3.63, 3.8) is 0 Å². The summed E-state index contributed by atoms with van der Waals surface area (Å²) in [7, 11) is 0. The molecule has 0 unspecified atom stereocenters. The van der Waals surface area contributed by atoms with Crippen LogP contribution in [-0.2, 0) is 11.1 Å². The van der Waals surface area contributed by atoms with Crippen LogP contribution in [0.3, 0.4) is 0 Å². The second-order valence-corrected chi connectivity index (χ2v) is 2.75. The molecule has 2 rings (SSSR count). The number of halogens is 3. The summed E-state index contributed by atoms with van der Waals surface area (Å²) in [5.74, 6) is 0. The monoisotopic (exact) mass is 254 g/mol. The average Bonchev–Trinajstić information content (AvgIpc) is 2.59. The molecule has 2 aromatic heterocycles. The van der Waals surface area contributed by atoms with Gasteiger partial charge in [0, 0.05) is 23.4 Å². The van der Waals surface area contributed by atoms with Gasteiger partial charge in [0.1, 0.15) is 0 Å². The van der Waals surface area contributed by atoms with Crippen LogP contribution in [0, 0.1) is 0 Å². The van der Waals surface area contributed by atoms with Crippen molar-refractivity contribution in [2.75, 3.05) is 0 Å². The van der Waals surface area contributed by atoms with Crippen molar-refractivity contribution in [2.24, 2.45) is 0 Å². The van der Waals surface area contributed by atoms with Crippen molar-refractivity contribution < 1.29 is 53.0 Å². The molecule has 0 fully saturated rings. The summed E-state index contributed by atoms with van der Waals surface area (Å²) in [6.45, 7) is 0. The molecule has 0 saturated carbocycles. The van der Waals surface area contributed by atoms with Gasteiger partial charge in [-0.1, -0.05) is 5.69 Å². The maximum absolute atomic E-state index is 12.4. The maximum atomic E-state index is 12.4. The summed E-state index contributed by atoms with van der Waals surface area (Å²) < 4.78 is 37.0. The molecule has 86 valence electrons. The zero-order chi connectivity index (χ0) is 11.1. The van der Waals surface area contributed by atoms with Crippen LogP contribution in [0.1, 0.15) is 5.69 Å². The normalized spacial score (nSPS) is 10.5. The molecule has 0 aliphatic heterocycles. The fourth-order valence-electron chi connectivity index (χ4n) is 1.18. The summed E-state index contributed by atoms with van der Waals surface area (Å²) in [5, 5.41) is 3.38. The molecule has 0 radical (unpaired) electrons. The summed E-state index contributed by atoms with van der Waals surface area (Å²) in [6, 6.07) is 0.989. The molecule has 9 heteroatoms. The molecule has 0 atom stereocenters. The molecule has 0 amide bonds. The fourth-order valence-corrected chi connectivity index (χ4v) is 1.18. The average molecular weight is 254 g/mol. The molecule has 5 nitrogen and oxygen atoms in total. The van der Waals surface area contributed by atoms with Crippen LogP contribution < -0.4 is 29.6 Å². The zero-order valence-electron chi connectivity index (χ0n) is 8.56. The third-order valence-electron chi connectivity index (χ3n) is 1.80. The Hall–Kier alpha value is -0.960. The molecule has 1 N–H and O–H groups in total. The fraction of sp³-hybridized carbons (Fsp3) is 0.125. The summed E-state index contributed by atoms with van der Waals surface area (Å²) in [4.78, 5) is 13.8. The smallest absolute Gasteiger partial charge is 0.870 e. The van der Waals surface area contributed by atoms with E-state index in [1.165, 1.54) is 6.29 Å². The van der Waals surface area contributed by atoms with Gasteiger partial charge in [0.05, 0.1) is 6.20 Å². The second kappa shape index (κ2) is 5.58. The Morgan fingerprint density at radius 2 is 1.94 bits per heavy atom. The van der Waals surface area contributed by atoms with Crippen LogP contribution in [0.2, 0.25) is 0 Å². The van der Waals surface area contributed by atoms with Crippen molar-refractivity contribution >= 4 is 17.2 Å². The molecule has 2 heterocycles. The minimum absolute atomic E-state index is 0. The first-order chi connectivity index (χ1) is 7.02. The Bertz CT molecular complexity index is 526. The van der Waals surface area contributed by atoms with Gasteiger partial charge in [-0.15, -0.1) is 13.2 Å². The van der Waals surface area contributed by atoms with Gasteiger partial charge in [-0.05, 0) is 0 Å². The number of carbonyl (C=O) groups excluding carboxylic acids is 1. The molecule has 0 spiro atoms. The van der Waals surface area contributed by atoms with Crippen LogP contribution in [0.25, 0.3) is 10.9 Å². The van der Waals surface area contributed by atoms with Gasteiger partial charge >= 0.3 is 35.9 Å². The molecule has 0 bridgehead atoms. The molecule has 17 heavy (non-hydrogen) atoms.